The lowest BCUT2D eigenvalue weighted by Crippen LogP contribution is -2.58. The van der Waals surface area contributed by atoms with Crippen LogP contribution in [0.2, 0.25) is 0 Å². The van der Waals surface area contributed by atoms with Gasteiger partial charge >= 0.3 is 0 Å². The highest BCUT2D eigenvalue weighted by Gasteiger charge is 2.40. The van der Waals surface area contributed by atoms with E-state index < -0.39 is 0 Å². The third kappa shape index (κ3) is 2.04. The van der Waals surface area contributed by atoms with Gasteiger partial charge in [0.15, 0.2) is 5.82 Å². The minimum absolute atomic E-state index is 0.411. The highest BCUT2D eigenvalue weighted by Crippen LogP contribution is 2.39. The number of anilines is 1. The Morgan fingerprint density at radius 1 is 1.25 bits per heavy atom. The second kappa shape index (κ2) is 4.70. The first-order valence-electron chi connectivity index (χ1n) is 7.57. The number of fused-ring (bicyclic) bond motifs is 1. The van der Waals surface area contributed by atoms with Gasteiger partial charge in [0.1, 0.15) is 0 Å². The zero-order chi connectivity index (χ0) is 13.4. The van der Waals surface area contributed by atoms with Crippen molar-refractivity contribution in [3.63, 3.8) is 0 Å². The molecule has 1 saturated heterocycles. The maximum absolute atomic E-state index is 4.31. The van der Waals surface area contributed by atoms with Gasteiger partial charge in [0, 0.05) is 22.4 Å². The van der Waals surface area contributed by atoms with Crippen LogP contribution >= 0.6 is 0 Å². The lowest BCUT2D eigenvalue weighted by Gasteiger charge is -2.48. The molecule has 2 N–H and O–H groups in total. The number of benzene rings is 1. The van der Waals surface area contributed by atoms with Crippen LogP contribution in [0.5, 0.6) is 0 Å². The number of nitrogens with one attached hydrogen (secondary N) is 2. The smallest absolute Gasteiger partial charge is 0.156 e. The second-order valence-electron chi connectivity index (χ2n) is 6.18. The van der Waals surface area contributed by atoms with Crippen LogP contribution in [0.3, 0.4) is 0 Å². The first-order chi connectivity index (χ1) is 9.85. The third-order valence-corrected chi connectivity index (χ3v) is 4.85. The first-order valence-corrected chi connectivity index (χ1v) is 7.57. The Kier molecular flexibility index (Phi) is 2.84. The highest BCUT2D eigenvalue weighted by atomic mass is 15.2. The highest BCUT2D eigenvalue weighted by molar-refractivity contribution is 5.90. The molecule has 0 amide bonds. The average molecular weight is 268 g/mol. The molecule has 2 aliphatic rings. The minimum atomic E-state index is 0.411. The summed E-state index contributed by atoms with van der Waals surface area (Å²) >= 11 is 0. The monoisotopic (exact) mass is 268 g/mol. The zero-order valence-corrected chi connectivity index (χ0v) is 11.6. The van der Waals surface area contributed by atoms with Crippen molar-refractivity contribution < 1.29 is 0 Å². The van der Waals surface area contributed by atoms with Crippen molar-refractivity contribution in [1.29, 1.82) is 0 Å². The molecule has 1 spiro atoms. The van der Waals surface area contributed by atoms with Crippen LogP contribution in [0, 0.1) is 0 Å². The van der Waals surface area contributed by atoms with Crippen LogP contribution in [0.25, 0.3) is 10.8 Å². The molecule has 2 heterocycles. The van der Waals surface area contributed by atoms with Crippen molar-refractivity contribution in [3.05, 3.63) is 30.5 Å². The van der Waals surface area contributed by atoms with Crippen LogP contribution in [0.1, 0.15) is 32.1 Å². The quantitative estimate of drug-likeness (QED) is 0.879. The fourth-order valence-electron chi connectivity index (χ4n) is 3.59. The summed E-state index contributed by atoms with van der Waals surface area (Å²) in [6, 6.07) is 8.82. The predicted molar refractivity (Wildman–Crippen MR) is 80.8 cm³/mol. The SMILES string of the molecule is c1ccc2c(NC3CCNC4(CCC4)C3)nncc2c1. The molecule has 1 aliphatic carbocycles. The Hall–Kier alpha value is -1.68. The van der Waals surface area contributed by atoms with Crippen molar-refractivity contribution in [3.8, 4) is 0 Å². The normalized spacial score (nSPS) is 24.5. The third-order valence-electron chi connectivity index (χ3n) is 4.85. The van der Waals surface area contributed by atoms with E-state index in [1.54, 1.807) is 0 Å². The van der Waals surface area contributed by atoms with Gasteiger partial charge in [-0.25, -0.2) is 0 Å². The van der Waals surface area contributed by atoms with E-state index in [1.807, 2.05) is 12.3 Å². The van der Waals surface area contributed by atoms with Gasteiger partial charge in [-0.15, -0.1) is 5.10 Å². The maximum Gasteiger partial charge on any atom is 0.156 e. The fourth-order valence-corrected chi connectivity index (χ4v) is 3.59. The van der Waals surface area contributed by atoms with E-state index in [2.05, 4.69) is 39.0 Å². The lowest BCUT2D eigenvalue weighted by molar-refractivity contribution is 0.135. The Morgan fingerprint density at radius 3 is 3.00 bits per heavy atom. The molecule has 0 bridgehead atoms. The summed E-state index contributed by atoms with van der Waals surface area (Å²) < 4.78 is 0. The summed E-state index contributed by atoms with van der Waals surface area (Å²) in [7, 11) is 0. The van der Waals surface area contributed by atoms with E-state index in [0.717, 1.165) is 24.2 Å². The van der Waals surface area contributed by atoms with Crippen LogP contribution < -0.4 is 10.6 Å². The van der Waals surface area contributed by atoms with Gasteiger partial charge in [-0.3, -0.25) is 0 Å². The van der Waals surface area contributed by atoms with Crippen LogP contribution in [0.15, 0.2) is 30.5 Å². The van der Waals surface area contributed by atoms with Crippen LogP contribution in [-0.4, -0.2) is 28.3 Å². The first kappa shape index (κ1) is 12.1. The Balaban J connectivity index is 1.58. The molecule has 104 valence electrons. The topological polar surface area (TPSA) is 49.8 Å². The molecule has 20 heavy (non-hydrogen) atoms. The van der Waals surface area contributed by atoms with Gasteiger partial charge in [-0.2, -0.15) is 5.10 Å². The maximum atomic E-state index is 4.31. The molecule has 1 aromatic carbocycles. The lowest BCUT2D eigenvalue weighted by atomic mass is 9.70. The Morgan fingerprint density at radius 2 is 2.15 bits per heavy atom. The fraction of sp³-hybridized carbons (Fsp3) is 0.500. The van der Waals surface area contributed by atoms with Crippen LogP contribution in [-0.2, 0) is 0 Å². The van der Waals surface area contributed by atoms with Gasteiger partial charge in [-0.05, 0) is 38.6 Å². The molecule has 0 radical (unpaired) electrons. The van der Waals surface area contributed by atoms with Gasteiger partial charge < -0.3 is 10.6 Å². The molecule has 2 aromatic rings. The van der Waals surface area contributed by atoms with Gasteiger partial charge in [0.25, 0.3) is 0 Å². The van der Waals surface area contributed by atoms with E-state index in [1.165, 1.54) is 31.1 Å². The number of aromatic nitrogens is 2. The van der Waals surface area contributed by atoms with E-state index in [-0.39, 0.29) is 0 Å². The van der Waals surface area contributed by atoms with Crippen LogP contribution in [0.4, 0.5) is 5.82 Å². The molecule has 4 heteroatoms. The number of rotatable bonds is 2. The van der Waals surface area contributed by atoms with Gasteiger partial charge in [-0.1, -0.05) is 24.3 Å². The summed E-state index contributed by atoms with van der Waals surface area (Å²) in [6.07, 6.45) is 8.22. The molecule has 1 unspecified atom stereocenters. The molecule has 4 nitrogen and oxygen atoms in total. The molecule has 1 saturated carbocycles. The van der Waals surface area contributed by atoms with E-state index >= 15 is 0 Å². The van der Waals surface area contributed by atoms with Crippen molar-refractivity contribution >= 4 is 16.6 Å². The number of hydrogen-bond donors (Lipinski definition) is 2. The number of hydrogen-bond acceptors (Lipinski definition) is 4. The summed E-state index contributed by atoms with van der Waals surface area (Å²) in [5.74, 6) is 0.935. The summed E-state index contributed by atoms with van der Waals surface area (Å²) in [5, 5.41) is 18.1. The Bertz CT molecular complexity index is 615. The van der Waals surface area contributed by atoms with E-state index in [4.69, 9.17) is 0 Å². The number of nitrogens with zero attached hydrogens (tertiary/aromatic N) is 2. The minimum Gasteiger partial charge on any atom is -0.365 e. The summed E-state index contributed by atoms with van der Waals surface area (Å²) in [4.78, 5) is 0. The number of piperidine rings is 1. The summed E-state index contributed by atoms with van der Waals surface area (Å²) in [5.41, 5.74) is 0.411. The van der Waals surface area contributed by atoms with Crippen molar-refractivity contribution in [2.45, 2.75) is 43.7 Å². The average Bonchev–Trinajstić information content (AvgIpc) is 2.46. The van der Waals surface area contributed by atoms with Crippen molar-refractivity contribution in [2.24, 2.45) is 0 Å². The molecule has 4 rings (SSSR count). The van der Waals surface area contributed by atoms with Gasteiger partial charge in [0.05, 0.1) is 6.20 Å². The van der Waals surface area contributed by atoms with Crippen molar-refractivity contribution in [2.75, 3.05) is 11.9 Å². The Labute approximate surface area is 119 Å². The molecular weight excluding hydrogens is 248 g/mol. The molecule has 1 atom stereocenters. The summed E-state index contributed by atoms with van der Waals surface area (Å²) in [6.45, 7) is 1.11. The van der Waals surface area contributed by atoms with Gasteiger partial charge in [0.2, 0.25) is 0 Å². The van der Waals surface area contributed by atoms with E-state index in [9.17, 15) is 0 Å². The molecule has 1 aliphatic heterocycles. The second-order valence-corrected chi connectivity index (χ2v) is 6.18. The largest absolute Gasteiger partial charge is 0.365 e. The predicted octanol–water partition coefficient (Wildman–Crippen LogP) is 2.72. The zero-order valence-electron chi connectivity index (χ0n) is 11.6. The standard InChI is InChI=1S/C16H20N4/c1-2-5-14-12(4-1)11-18-20-15(14)19-13-6-9-17-16(10-13)7-3-8-16/h1-2,4-5,11,13,17H,3,6-10H2,(H,19,20). The molecular formula is C16H20N4. The van der Waals surface area contributed by atoms with Crippen molar-refractivity contribution in [1.82, 2.24) is 15.5 Å². The molecule has 2 fully saturated rings. The van der Waals surface area contributed by atoms with E-state index in [0.29, 0.717) is 11.6 Å². The molecule has 1 aromatic heterocycles.